The van der Waals surface area contributed by atoms with Gasteiger partial charge in [0.2, 0.25) is 0 Å². The number of carbonyl (C=O) groups is 1. The molecule has 6 heteroatoms. The van der Waals surface area contributed by atoms with Gasteiger partial charge in [0.15, 0.2) is 0 Å². The van der Waals surface area contributed by atoms with Crippen molar-refractivity contribution in [2.75, 3.05) is 20.8 Å². The first kappa shape index (κ1) is 12.7. The molecule has 0 bridgehead atoms. The number of amides is 1. The lowest BCUT2D eigenvalue weighted by atomic mass is 10.2. The Labute approximate surface area is 94.3 Å². The number of nitrogens with one attached hydrogen (secondary N) is 1. The van der Waals surface area contributed by atoms with Crippen molar-refractivity contribution < 1.29 is 13.9 Å². The number of hydrazine groups is 1. The van der Waals surface area contributed by atoms with Crippen molar-refractivity contribution in [3.8, 4) is 0 Å². The largest absolute Gasteiger partial charge is 0.472 e. The molecule has 3 N–H and O–H groups in total. The summed E-state index contributed by atoms with van der Waals surface area (Å²) in [6, 6.07) is 1.44. The summed E-state index contributed by atoms with van der Waals surface area (Å²) < 4.78 is 9.94. The highest BCUT2D eigenvalue weighted by Crippen LogP contribution is 2.07. The van der Waals surface area contributed by atoms with Crippen LogP contribution in [0.2, 0.25) is 0 Å². The predicted octanol–water partition coefficient (Wildman–Crippen LogP) is -0.284. The zero-order valence-electron chi connectivity index (χ0n) is 9.47. The van der Waals surface area contributed by atoms with Gasteiger partial charge in [0.1, 0.15) is 6.04 Å². The second-order valence-electron chi connectivity index (χ2n) is 3.53. The lowest BCUT2D eigenvalue weighted by molar-refractivity contribution is -0.128. The van der Waals surface area contributed by atoms with Gasteiger partial charge in [-0.05, 0) is 13.1 Å². The van der Waals surface area contributed by atoms with Crippen molar-refractivity contribution in [1.29, 1.82) is 0 Å². The highest BCUT2D eigenvalue weighted by atomic mass is 16.5. The van der Waals surface area contributed by atoms with Crippen LogP contribution in [0.3, 0.4) is 0 Å². The first-order valence-corrected chi connectivity index (χ1v) is 4.89. The molecule has 1 heterocycles. The van der Waals surface area contributed by atoms with Gasteiger partial charge in [-0.3, -0.25) is 15.1 Å². The number of hydrogen-bond acceptors (Lipinski definition) is 5. The molecule has 1 amide bonds. The summed E-state index contributed by atoms with van der Waals surface area (Å²) in [6.45, 7) is 0.884. The lowest BCUT2D eigenvalue weighted by Gasteiger charge is -2.25. The molecular formula is C10H17N3O3. The molecule has 0 fully saturated rings. The van der Waals surface area contributed by atoms with Crippen LogP contribution in [0, 0.1) is 0 Å². The number of likely N-dealkylation sites (N-methyl/N-ethyl adjacent to an activating group) is 1. The van der Waals surface area contributed by atoms with Crippen LogP contribution in [0.1, 0.15) is 5.56 Å². The van der Waals surface area contributed by atoms with Gasteiger partial charge in [0, 0.05) is 19.2 Å². The number of methoxy groups -OCH3 is 1. The molecule has 1 aromatic heterocycles. The molecule has 0 saturated heterocycles. The first-order chi connectivity index (χ1) is 7.69. The third-order valence-corrected chi connectivity index (χ3v) is 2.31. The van der Waals surface area contributed by atoms with E-state index in [9.17, 15) is 4.79 Å². The number of ether oxygens (including phenoxy) is 1. The van der Waals surface area contributed by atoms with Gasteiger partial charge >= 0.3 is 0 Å². The highest BCUT2D eigenvalue weighted by molar-refractivity contribution is 5.81. The van der Waals surface area contributed by atoms with Crippen molar-refractivity contribution in [3.63, 3.8) is 0 Å². The Morgan fingerprint density at radius 3 is 3.00 bits per heavy atom. The van der Waals surface area contributed by atoms with E-state index in [2.05, 4.69) is 5.43 Å². The van der Waals surface area contributed by atoms with Crippen LogP contribution in [0.25, 0.3) is 0 Å². The van der Waals surface area contributed by atoms with Gasteiger partial charge in [-0.1, -0.05) is 0 Å². The van der Waals surface area contributed by atoms with Gasteiger partial charge in [0.05, 0.1) is 19.1 Å². The second-order valence-corrected chi connectivity index (χ2v) is 3.53. The maximum atomic E-state index is 11.5. The fourth-order valence-corrected chi connectivity index (χ4v) is 1.44. The Hall–Kier alpha value is -1.37. The van der Waals surface area contributed by atoms with Crippen LogP contribution in [0.5, 0.6) is 0 Å². The van der Waals surface area contributed by atoms with Crippen LogP contribution in [0.15, 0.2) is 23.0 Å². The quantitative estimate of drug-likeness (QED) is 0.397. The normalized spacial score (nSPS) is 12.8. The van der Waals surface area contributed by atoms with Crippen molar-refractivity contribution in [2.45, 2.75) is 12.6 Å². The number of furan rings is 1. The van der Waals surface area contributed by atoms with E-state index in [1.165, 1.54) is 0 Å². The van der Waals surface area contributed by atoms with E-state index >= 15 is 0 Å². The number of nitrogens with zero attached hydrogens (tertiary/aromatic N) is 1. The summed E-state index contributed by atoms with van der Waals surface area (Å²) in [5, 5.41) is 0. The molecule has 0 aliphatic heterocycles. The summed E-state index contributed by atoms with van der Waals surface area (Å²) >= 11 is 0. The highest BCUT2D eigenvalue weighted by Gasteiger charge is 2.22. The zero-order chi connectivity index (χ0) is 12.0. The molecule has 0 aliphatic rings. The van der Waals surface area contributed by atoms with Crippen LogP contribution in [-0.4, -0.2) is 37.6 Å². The van der Waals surface area contributed by atoms with E-state index in [4.69, 9.17) is 15.0 Å². The van der Waals surface area contributed by atoms with Crippen molar-refractivity contribution in [2.24, 2.45) is 5.84 Å². The van der Waals surface area contributed by atoms with Crippen LogP contribution in [-0.2, 0) is 16.1 Å². The smallest absolute Gasteiger partial charge is 0.253 e. The molecular weight excluding hydrogens is 210 g/mol. The van der Waals surface area contributed by atoms with Gasteiger partial charge in [-0.15, -0.1) is 0 Å². The van der Waals surface area contributed by atoms with Gasteiger partial charge in [-0.2, -0.15) is 0 Å². The molecule has 0 saturated carbocycles. The molecule has 0 aliphatic carbocycles. The molecule has 1 aromatic rings. The topological polar surface area (TPSA) is 80.7 Å². The number of nitrogens with two attached hydrogens (primary N) is 1. The third kappa shape index (κ3) is 3.34. The van der Waals surface area contributed by atoms with Crippen LogP contribution < -0.4 is 11.3 Å². The van der Waals surface area contributed by atoms with E-state index < -0.39 is 6.04 Å². The fraction of sp³-hybridized carbons (Fsp3) is 0.500. The summed E-state index contributed by atoms with van der Waals surface area (Å²) in [5.74, 6) is 4.84. The number of carbonyl (C=O) groups excluding carboxylic acids is 1. The predicted molar refractivity (Wildman–Crippen MR) is 58.2 cm³/mol. The average molecular weight is 227 g/mol. The molecule has 1 rings (SSSR count). The van der Waals surface area contributed by atoms with E-state index in [-0.39, 0.29) is 12.5 Å². The summed E-state index contributed by atoms with van der Waals surface area (Å²) in [6.07, 6.45) is 3.23. The van der Waals surface area contributed by atoms with Crippen molar-refractivity contribution in [1.82, 2.24) is 10.3 Å². The Kier molecular flexibility index (Phi) is 4.97. The van der Waals surface area contributed by atoms with Gasteiger partial charge in [0.25, 0.3) is 5.91 Å². The van der Waals surface area contributed by atoms with Crippen molar-refractivity contribution in [3.05, 3.63) is 24.2 Å². The molecule has 1 unspecified atom stereocenters. The Morgan fingerprint density at radius 2 is 2.50 bits per heavy atom. The molecule has 0 radical (unpaired) electrons. The Morgan fingerprint density at radius 1 is 1.75 bits per heavy atom. The maximum Gasteiger partial charge on any atom is 0.253 e. The van der Waals surface area contributed by atoms with E-state index in [1.807, 2.05) is 18.0 Å². The zero-order valence-corrected chi connectivity index (χ0v) is 9.47. The molecule has 16 heavy (non-hydrogen) atoms. The molecule has 1 atom stereocenters. The Bertz CT molecular complexity index is 313. The van der Waals surface area contributed by atoms with Crippen LogP contribution in [0.4, 0.5) is 0 Å². The maximum absolute atomic E-state index is 11.5. The van der Waals surface area contributed by atoms with Crippen LogP contribution >= 0.6 is 0 Å². The van der Waals surface area contributed by atoms with E-state index in [0.717, 1.165) is 5.56 Å². The molecule has 0 aromatic carbocycles. The fourth-order valence-electron chi connectivity index (χ4n) is 1.44. The lowest BCUT2D eigenvalue weighted by Crippen LogP contribution is -2.49. The SMILES string of the molecule is COCC(C(=O)NN)N(C)Cc1ccoc1. The Balaban J connectivity index is 2.59. The second kappa shape index (κ2) is 6.26. The average Bonchev–Trinajstić information content (AvgIpc) is 2.77. The molecule has 6 nitrogen and oxygen atoms in total. The van der Waals surface area contributed by atoms with E-state index in [0.29, 0.717) is 6.54 Å². The van der Waals surface area contributed by atoms with Gasteiger partial charge < -0.3 is 9.15 Å². The minimum Gasteiger partial charge on any atom is -0.472 e. The number of rotatable bonds is 6. The van der Waals surface area contributed by atoms with Crippen molar-refractivity contribution >= 4 is 5.91 Å². The minimum absolute atomic E-state index is 0.271. The third-order valence-electron chi connectivity index (χ3n) is 2.31. The van der Waals surface area contributed by atoms with E-state index in [1.54, 1.807) is 19.6 Å². The first-order valence-electron chi connectivity index (χ1n) is 4.89. The minimum atomic E-state index is -0.412. The summed E-state index contributed by atoms with van der Waals surface area (Å²) in [4.78, 5) is 13.3. The summed E-state index contributed by atoms with van der Waals surface area (Å²) in [7, 11) is 3.37. The summed E-state index contributed by atoms with van der Waals surface area (Å²) in [5.41, 5.74) is 3.12. The molecule has 0 spiro atoms. The molecule has 90 valence electrons. The van der Waals surface area contributed by atoms with Gasteiger partial charge in [-0.25, -0.2) is 5.84 Å². The monoisotopic (exact) mass is 227 g/mol. The number of hydrogen-bond donors (Lipinski definition) is 2. The standard InChI is InChI=1S/C10H17N3O3/c1-13(5-8-3-4-16-6-8)9(7-15-2)10(14)12-11/h3-4,6,9H,5,7,11H2,1-2H3,(H,12,14).